The quantitative estimate of drug-likeness (QED) is 0.784. The molecule has 1 aromatic carbocycles. The molecule has 0 spiro atoms. The van der Waals surface area contributed by atoms with Crippen LogP contribution >= 0.6 is 11.8 Å². The standard InChI is InChI=1S/C13H20N2OS/c1-4-6-10(2)14-13(16)15-11-7-5-8-12(9-11)17-3/h5,7-10H,4,6H2,1-3H3,(H2,14,15,16)/t10-/m0/s1. The molecule has 0 aliphatic carbocycles. The highest BCUT2D eigenvalue weighted by Gasteiger charge is 2.06. The highest BCUT2D eigenvalue weighted by molar-refractivity contribution is 7.98. The third-order valence-electron chi connectivity index (χ3n) is 2.43. The molecule has 0 saturated carbocycles. The van der Waals surface area contributed by atoms with Gasteiger partial charge in [-0.2, -0.15) is 0 Å². The molecule has 0 aliphatic heterocycles. The molecule has 0 aliphatic rings. The summed E-state index contributed by atoms with van der Waals surface area (Å²) in [7, 11) is 0. The summed E-state index contributed by atoms with van der Waals surface area (Å²) < 4.78 is 0. The summed E-state index contributed by atoms with van der Waals surface area (Å²) in [5, 5.41) is 5.75. The summed E-state index contributed by atoms with van der Waals surface area (Å²) in [5.41, 5.74) is 0.832. The van der Waals surface area contributed by atoms with Gasteiger partial charge < -0.3 is 10.6 Å². The predicted molar refractivity (Wildman–Crippen MR) is 74.7 cm³/mol. The molecule has 4 heteroatoms. The molecular weight excluding hydrogens is 232 g/mol. The van der Waals surface area contributed by atoms with Crippen molar-refractivity contribution >= 4 is 23.5 Å². The van der Waals surface area contributed by atoms with Gasteiger partial charge in [0.05, 0.1) is 0 Å². The van der Waals surface area contributed by atoms with Crippen molar-refractivity contribution in [2.45, 2.75) is 37.6 Å². The van der Waals surface area contributed by atoms with Crippen molar-refractivity contribution in [1.82, 2.24) is 5.32 Å². The van der Waals surface area contributed by atoms with Gasteiger partial charge in [-0.3, -0.25) is 0 Å². The van der Waals surface area contributed by atoms with E-state index in [0.717, 1.165) is 23.4 Å². The first-order valence-corrected chi connectivity index (χ1v) is 7.09. The van der Waals surface area contributed by atoms with Crippen molar-refractivity contribution in [3.05, 3.63) is 24.3 Å². The molecule has 0 saturated heterocycles. The number of hydrogen-bond donors (Lipinski definition) is 2. The van der Waals surface area contributed by atoms with Crippen LogP contribution in [-0.4, -0.2) is 18.3 Å². The van der Waals surface area contributed by atoms with Crippen LogP contribution < -0.4 is 10.6 Å². The van der Waals surface area contributed by atoms with Crippen molar-refractivity contribution in [2.24, 2.45) is 0 Å². The maximum atomic E-state index is 11.7. The molecule has 0 aromatic heterocycles. The van der Waals surface area contributed by atoms with Gasteiger partial charge in [0.25, 0.3) is 0 Å². The monoisotopic (exact) mass is 252 g/mol. The van der Waals surface area contributed by atoms with Crippen molar-refractivity contribution < 1.29 is 4.79 Å². The Labute approximate surface area is 107 Å². The van der Waals surface area contributed by atoms with Crippen molar-refractivity contribution in [3.8, 4) is 0 Å². The fraction of sp³-hybridized carbons (Fsp3) is 0.462. The first-order chi connectivity index (χ1) is 8.15. The minimum absolute atomic E-state index is 0.135. The Bertz CT molecular complexity index is 368. The van der Waals surface area contributed by atoms with E-state index in [1.54, 1.807) is 11.8 Å². The normalized spacial score (nSPS) is 11.9. The van der Waals surface area contributed by atoms with E-state index in [4.69, 9.17) is 0 Å². The van der Waals surface area contributed by atoms with Crippen LogP contribution in [-0.2, 0) is 0 Å². The number of thioether (sulfide) groups is 1. The van der Waals surface area contributed by atoms with E-state index in [9.17, 15) is 4.79 Å². The van der Waals surface area contributed by atoms with Gasteiger partial charge in [0.1, 0.15) is 0 Å². The molecule has 94 valence electrons. The Balaban J connectivity index is 2.49. The number of amides is 2. The van der Waals surface area contributed by atoms with E-state index in [-0.39, 0.29) is 12.1 Å². The van der Waals surface area contributed by atoms with Crippen LogP contribution in [0.15, 0.2) is 29.2 Å². The lowest BCUT2D eigenvalue weighted by molar-refractivity contribution is 0.248. The molecular formula is C13H20N2OS. The number of urea groups is 1. The SMILES string of the molecule is CCC[C@H](C)NC(=O)Nc1cccc(SC)c1. The van der Waals surface area contributed by atoms with Crippen LogP contribution in [0.5, 0.6) is 0 Å². The van der Waals surface area contributed by atoms with Gasteiger partial charge in [-0.05, 0) is 37.8 Å². The first-order valence-electron chi connectivity index (χ1n) is 5.87. The number of anilines is 1. The maximum absolute atomic E-state index is 11.7. The van der Waals surface area contributed by atoms with Crippen LogP contribution in [0, 0.1) is 0 Å². The lowest BCUT2D eigenvalue weighted by Gasteiger charge is -2.13. The molecule has 0 unspecified atom stereocenters. The van der Waals surface area contributed by atoms with Crippen LogP contribution in [0.1, 0.15) is 26.7 Å². The summed E-state index contributed by atoms with van der Waals surface area (Å²) in [4.78, 5) is 12.8. The minimum Gasteiger partial charge on any atom is -0.335 e. The van der Waals surface area contributed by atoms with Crippen LogP contribution in [0.2, 0.25) is 0 Å². The van der Waals surface area contributed by atoms with Crippen molar-refractivity contribution in [2.75, 3.05) is 11.6 Å². The average molecular weight is 252 g/mol. The zero-order valence-corrected chi connectivity index (χ0v) is 11.4. The van der Waals surface area contributed by atoms with Gasteiger partial charge in [0.2, 0.25) is 0 Å². The smallest absolute Gasteiger partial charge is 0.319 e. The summed E-state index contributed by atoms with van der Waals surface area (Å²) in [6, 6.07) is 7.90. The van der Waals surface area contributed by atoms with E-state index in [1.807, 2.05) is 37.4 Å². The molecule has 3 nitrogen and oxygen atoms in total. The Hall–Kier alpha value is -1.16. The van der Waals surface area contributed by atoms with Gasteiger partial charge >= 0.3 is 6.03 Å². The first kappa shape index (κ1) is 13.9. The van der Waals surface area contributed by atoms with Gasteiger partial charge in [-0.15, -0.1) is 11.8 Å². The average Bonchev–Trinajstić information content (AvgIpc) is 2.29. The minimum atomic E-state index is -0.135. The number of carbonyl (C=O) groups excluding carboxylic acids is 1. The second-order valence-electron chi connectivity index (χ2n) is 4.02. The molecule has 2 N–H and O–H groups in total. The Morgan fingerprint density at radius 1 is 1.47 bits per heavy atom. The second-order valence-corrected chi connectivity index (χ2v) is 4.90. The van der Waals surface area contributed by atoms with Crippen molar-refractivity contribution in [1.29, 1.82) is 0 Å². The number of carbonyl (C=O) groups is 1. The van der Waals surface area contributed by atoms with Gasteiger partial charge in [0.15, 0.2) is 0 Å². The summed E-state index contributed by atoms with van der Waals surface area (Å²) >= 11 is 1.66. The van der Waals surface area contributed by atoms with E-state index < -0.39 is 0 Å². The number of nitrogens with one attached hydrogen (secondary N) is 2. The third kappa shape index (κ3) is 5.13. The maximum Gasteiger partial charge on any atom is 0.319 e. The number of hydrogen-bond acceptors (Lipinski definition) is 2. The predicted octanol–water partition coefficient (Wildman–Crippen LogP) is 3.72. The zero-order valence-electron chi connectivity index (χ0n) is 10.6. The summed E-state index contributed by atoms with van der Waals surface area (Å²) in [6.45, 7) is 4.12. The van der Waals surface area contributed by atoms with Gasteiger partial charge in [-0.1, -0.05) is 19.4 Å². The van der Waals surface area contributed by atoms with E-state index >= 15 is 0 Å². The van der Waals surface area contributed by atoms with Crippen LogP contribution in [0.4, 0.5) is 10.5 Å². The fourth-order valence-electron chi connectivity index (χ4n) is 1.60. The highest BCUT2D eigenvalue weighted by atomic mass is 32.2. The lowest BCUT2D eigenvalue weighted by Crippen LogP contribution is -2.35. The molecule has 2 amide bonds. The van der Waals surface area contributed by atoms with Crippen LogP contribution in [0.3, 0.4) is 0 Å². The van der Waals surface area contributed by atoms with Crippen LogP contribution in [0.25, 0.3) is 0 Å². The van der Waals surface area contributed by atoms with E-state index in [0.29, 0.717) is 0 Å². The molecule has 0 bridgehead atoms. The third-order valence-corrected chi connectivity index (χ3v) is 3.15. The second kappa shape index (κ2) is 7.22. The van der Waals surface area contributed by atoms with Gasteiger partial charge in [-0.25, -0.2) is 4.79 Å². The van der Waals surface area contributed by atoms with Crippen molar-refractivity contribution in [3.63, 3.8) is 0 Å². The summed E-state index contributed by atoms with van der Waals surface area (Å²) in [6.07, 6.45) is 4.09. The Kier molecular flexibility index (Phi) is 5.91. The molecule has 1 rings (SSSR count). The Morgan fingerprint density at radius 2 is 2.24 bits per heavy atom. The molecule has 0 fully saturated rings. The molecule has 17 heavy (non-hydrogen) atoms. The van der Waals surface area contributed by atoms with E-state index in [1.165, 1.54) is 0 Å². The van der Waals surface area contributed by atoms with Gasteiger partial charge in [0, 0.05) is 16.6 Å². The largest absolute Gasteiger partial charge is 0.335 e. The topological polar surface area (TPSA) is 41.1 Å². The lowest BCUT2D eigenvalue weighted by atomic mass is 10.2. The zero-order chi connectivity index (χ0) is 12.7. The van der Waals surface area contributed by atoms with E-state index in [2.05, 4.69) is 17.6 Å². The molecule has 1 atom stereocenters. The summed E-state index contributed by atoms with van der Waals surface area (Å²) in [5.74, 6) is 0. The fourth-order valence-corrected chi connectivity index (χ4v) is 2.06. The number of benzene rings is 1. The Morgan fingerprint density at radius 3 is 2.88 bits per heavy atom. The molecule has 1 aromatic rings. The molecule has 0 radical (unpaired) electrons. The number of rotatable bonds is 5. The highest BCUT2D eigenvalue weighted by Crippen LogP contribution is 2.18. The molecule has 0 heterocycles.